The monoisotopic (exact) mass is 366 g/mol. The third-order valence-corrected chi connectivity index (χ3v) is 4.29. The summed E-state index contributed by atoms with van der Waals surface area (Å²) in [5, 5.41) is 8.83. The highest BCUT2D eigenvalue weighted by atomic mass is 19.4. The molecule has 0 aliphatic carbocycles. The van der Waals surface area contributed by atoms with Gasteiger partial charge in [0.05, 0.1) is 18.4 Å². The van der Waals surface area contributed by atoms with E-state index in [0.29, 0.717) is 11.5 Å². The fourth-order valence-electron chi connectivity index (χ4n) is 3.12. The molecule has 0 spiro atoms. The van der Waals surface area contributed by atoms with Gasteiger partial charge in [-0.3, -0.25) is 14.4 Å². The molecule has 10 heteroatoms. The molecule has 2 aliphatic heterocycles. The quantitative estimate of drug-likeness (QED) is 0.723. The fraction of sp³-hybridized carbons (Fsp3) is 0.800. The Morgan fingerprint density at radius 1 is 1.36 bits per heavy atom. The van der Waals surface area contributed by atoms with Crippen LogP contribution in [0.15, 0.2) is 0 Å². The smallest absolute Gasteiger partial charge is 0.406 e. The maximum Gasteiger partial charge on any atom is 0.406 e. The molecule has 2 amide bonds. The number of carboxylic acids is 1. The molecule has 0 aromatic heterocycles. The van der Waals surface area contributed by atoms with Crippen molar-refractivity contribution in [3.05, 3.63) is 0 Å². The summed E-state index contributed by atoms with van der Waals surface area (Å²) in [5.74, 6) is -3.17. The highest BCUT2D eigenvalue weighted by Crippen LogP contribution is 2.26. The number of ether oxygens (including phenoxy) is 1. The molecule has 2 heterocycles. The number of likely N-dealkylation sites (tertiary alicyclic amines) is 1. The number of hydrogen-bond acceptors (Lipinski definition) is 4. The number of rotatable bonds is 7. The number of aliphatic carboxylic acids is 1. The Labute approximate surface area is 142 Å². The van der Waals surface area contributed by atoms with Gasteiger partial charge in [0.1, 0.15) is 6.54 Å². The van der Waals surface area contributed by atoms with Crippen LogP contribution in [0.1, 0.15) is 25.7 Å². The van der Waals surface area contributed by atoms with Crippen molar-refractivity contribution in [3.8, 4) is 0 Å². The molecule has 0 aromatic carbocycles. The van der Waals surface area contributed by atoms with Gasteiger partial charge >= 0.3 is 12.1 Å². The first-order chi connectivity index (χ1) is 11.7. The highest BCUT2D eigenvalue weighted by Gasteiger charge is 2.42. The molecular weight excluding hydrogens is 345 g/mol. The number of amides is 2. The van der Waals surface area contributed by atoms with Gasteiger partial charge in [-0.1, -0.05) is 0 Å². The maximum absolute atomic E-state index is 12.6. The number of alkyl halides is 3. The summed E-state index contributed by atoms with van der Waals surface area (Å²) in [4.78, 5) is 37.1. The largest absolute Gasteiger partial charge is 0.481 e. The van der Waals surface area contributed by atoms with Crippen molar-refractivity contribution < 1.29 is 37.4 Å². The summed E-state index contributed by atoms with van der Waals surface area (Å²) in [6.45, 7) is -0.982. The zero-order chi connectivity index (χ0) is 18.6. The van der Waals surface area contributed by atoms with Gasteiger partial charge < -0.3 is 19.6 Å². The predicted molar refractivity (Wildman–Crippen MR) is 78.5 cm³/mol. The Morgan fingerprint density at radius 3 is 2.64 bits per heavy atom. The molecule has 25 heavy (non-hydrogen) atoms. The number of hydrogen-bond donors (Lipinski definition) is 1. The molecular formula is C15H21F3N2O5. The second-order valence-electron chi connectivity index (χ2n) is 6.35. The number of carbonyl (C=O) groups is 3. The number of halogens is 3. The van der Waals surface area contributed by atoms with Crippen LogP contribution in [0.4, 0.5) is 13.2 Å². The Hall–Kier alpha value is -1.84. The van der Waals surface area contributed by atoms with Gasteiger partial charge in [0.15, 0.2) is 0 Å². The third-order valence-electron chi connectivity index (χ3n) is 4.29. The Morgan fingerprint density at radius 2 is 2.08 bits per heavy atom. The number of carbonyl (C=O) groups excluding carboxylic acids is 2. The first kappa shape index (κ1) is 19.5. The second-order valence-corrected chi connectivity index (χ2v) is 6.35. The van der Waals surface area contributed by atoms with E-state index in [0.717, 1.165) is 12.8 Å². The summed E-state index contributed by atoms with van der Waals surface area (Å²) < 4.78 is 42.9. The first-order valence-corrected chi connectivity index (χ1v) is 8.12. The zero-order valence-electron chi connectivity index (χ0n) is 13.6. The van der Waals surface area contributed by atoms with Crippen molar-refractivity contribution in [2.45, 2.75) is 38.0 Å². The van der Waals surface area contributed by atoms with Gasteiger partial charge in [0.25, 0.3) is 0 Å². The Bertz CT molecular complexity index is 520. The van der Waals surface area contributed by atoms with Crippen molar-refractivity contribution in [3.63, 3.8) is 0 Å². The summed E-state index contributed by atoms with van der Waals surface area (Å²) in [5.41, 5.74) is 0. The van der Waals surface area contributed by atoms with Gasteiger partial charge in [-0.15, -0.1) is 0 Å². The lowest BCUT2D eigenvalue weighted by Gasteiger charge is -2.27. The standard InChI is InChI=1S/C15H21F3N2O5/c16-15(17,18)9-20-7-10(6-12(20)21)14(24)19(4-3-13(22)23)8-11-2-1-5-25-11/h10-11H,1-9H2,(H,22,23)/t10-,11+/m0/s1. The van der Waals surface area contributed by atoms with Gasteiger partial charge in [-0.2, -0.15) is 13.2 Å². The van der Waals surface area contributed by atoms with E-state index in [4.69, 9.17) is 9.84 Å². The van der Waals surface area contributed by atoms with Crippen LogP contribution in [0.25, 0.3) is 0 Å². The van der Waals surface area contributed by atoms with Crippen LogP contribution < -0.4 is 0 Å². The van der Waals surface area contributed by atoms with E-state index >= 15 is 0 Å². The minimum Gasteiger partial charge on any atom is -0.481 e. The SMILES string of the molecule is O=C(O)CCN(C[C@H]1CCCO1)C(=O)[C@H]1CC(=O)N(CC(F)(F)F)C1. The van der Waals surface area contributed by atoms with Crippen LogP contribution in [-0.4, -0.2) is 77.8 Å². The summed E-state index contributed by atoms with van der Waals surface area (Å²) in [6.07, 6.45) is -3.71. The topological polar surface area (TPSA) is 87.1 Å². The third kappa shape index (κ3) is 5.87. The molecule has 0 unspecified atom stereocenters. The van der Waals surface area contributed by atoms with E-state index in [2.05, 4.69) is 0 Å². The summed E-state index contributed by atoms with van der Waals surface area (Å²) >= 11 is 0. The average molecular weight is 366 g/mol. The van der Waals surface area contributed by atoms with E-state index in [1.165, 1.54) is 4.90 Å². The Balaban J connectivity index is 1.99. The van der Waals surface area contributed by atoms with Crippen LogP contribution in [0.2, 0.25) is 0 Å². The fourth-order valence-corrected chi connectivity index (χ4v) is 3.12. The van der Waals surface area contributed by atoms with Crippen LogP contribution in [0.5, 0.6) is 0 Å². The van der Waals surface area contributed by atoms with Crippen molar-refractivity contribution >= 4 is 17.8 Å². The minimum absolute atomic E-state index is 0.0576. The zero-order valence-corrected chi connectivity index (χ0v) is 13.6. The molecule has 0 saturated carbocycles. The number of carboxylic acid groups (broad SMARTS) is 1. The van der Waals surface area contributed by atoms with Crippen molar-refractivity contribution in [2.24, 2.45) is 5.92 Å². The van der Waals surface area contributed by atoms with E-state index in [1.807, 2.05) is 0 Å². The molecule has 0 aromatic rings. The Kier molecular flexibility index (Phi) is 6.26. The van der Waals surface area contributed by atoms with Crippen molar-refractivity contribution in [1.82, 2.24) is 9.80 Å². The molecule has 142 valence electrons. The van der Waals surface area contributed by atoms with Gasteiger partial charge in [-0.25, -0.2) is 0 Å². The molecule has 2 saturated heterocycles. The second kappa shape index (κ2) is 8.03. The summed E-state index contributed by atoms with van der Waals surface area (Å²) in [6, 6.07) is 0. The molecule has 2 atom stereocenters. The molecule has 2 rings (SSSR count). The van der Waals surface area contributed by atoms with Crippen LogP contribution in [0, 0.1) is 5.92 Å². The lowest BCUT2D eigenvalue weighted by atomic mass is 10.1. The van der Waals surface area contributed by atoms with Crippen LogP contribution in [0.3, 0.4) is 0 Å². The molecule has 2 fully saturated rings. The first-order valence-electron chi connectivity index (χ1n) is 8.12. The van der Waals surface area contributed by atoms with E-state index in [9.17, 15) is 27.6 Å². The normalized spacial score (nSPS) is 24.0. The molecule has 0 radical (unpaired) electrons. The molecule has 7 nitrogen and oxygen atoms in total. The van der Waals surface area contributed by atoms with E-state index < -0.39 is 36.4 Å². The predicted octanol–water partition coefficient (Wildman–Crippen LogP) is 0.879. The average Bonchev–Trinajstić information content (AvgIpc) is 3.11. The van der Waals surface area contributed by atoms with E-state index in [-0.39, 0.29) is 38.6 Å². The molecule has 2 aliphatic rings. The summed E-state index contributed by atoms with van der Waals surface area (Å²) in [7, 11) is 0. The lowest BCUT2D eigenvalue weighted by Crippen LogP contribution is -2.43. The number of nitrogens with zero attached hydrogens (tertiary/aromatic N) is 2. The van der Waals surface area contributed by atoms with Crippen molar-refractivity contribution in [1.29, 1.82) is 0 Å². The van der Waals surface area contributed by atoms with Gasteiger partial charge in [0, 0.05) is 32.7 Å². The van der Waals surface area contributed by atoms with Crippen molar-refractivity contribution in [2.75, 3.05) is 32.8 Å². The van der Waals surface area contributed by atoms with Gasteiger partial charge in [0.2, 0.25) is 11.8 Å². The minimum atomic E-state index is -4.52. The molecule has 0 bridgehead atoms. The maximum atomic E-state index is 12.6. The van der Waals surface area contributed by atoms with E-state index in [1.54, 1.807) is 0 Å². The van der Waals surface area contributed by atoms with Gasteiger partial charge in [-0.05, 0) is 12.8 Å². The van der Waals surface area contributed by atoms with Crippen LogP contribution in [-0.2, 0) is 19.1 Å². The molecule has 1 N–H and O–H groups in total. The lowest BCUT2D eigenvalue weighted by molar-refractivity contribution is -0.157. The van der Waals surface area contributed by atoms with Crippen LogP contribution >= 0.6 is 0 Å². The highest BCUT2D eigenvalue weighted by molar-refractivity contribution is 5.89.